The lowest BCUT2D eigenvalue weighted by molar-refractivity contribution is 0.0237. The molecule has 6 N–H and O–H groups in total. The number of aliphatic imine (C=N–C) groups is 1. The third-order valence-corrected chi connectivity index (χ3v) is 19.1. The van der Waals surface area contributed by atoms with Gasteiger partial charge in [0, 0.05) is 63.6 Å². The van der Waals surface area contributed by atoms with Gasteiger partial charge in [0.05, 0.1) is 42.2 Å². The molecule has 0 saturated carbocycles. The molecule has 0 bridgehead atoms. The zero-order chi connectivity index (χ0) is 78.4. The van der Waals surface area contributed by atoms with E-state index in [1.807, 2.05) is 45.0 Å². The fraction of sp³-hybridized carbons (Fsp3) is 0.453. The van der Waals surface area contributed by atoms with Crippen molar-refractivity contribution in [3.05, 3.63) is 223 Å². The molecule has 9 rings (SSSR count). The van der Waals surface area contributed by atoms with Gasteiger partial charge in [0.25, 0.3) is 0 Å². The second-order valence-electron chi connectivity index (χ2n) is 26.2. The fourth-order valence-corrected chi connectivity index (χ4v) is 12.9. The van der Waals surface area contributed by atoms with Crippen LogP contribution in [0, 0.1) is 5.92 Å². The Hall–Kier alpha value is -6.13. The number of halogens is 7. The SMILES string of the molecule is CCC/C=C\CCC.CCCC(O)C(CCC)Cc1ccc(Cl)cc1.CCCC(O)C(CCC)N(C(=O)Nc1ccc(Cl)cc1)c1ccc(Cl)cc1.CCCC1N(c2ccc(Cl)cc2)C(=O)N(c2ccc(Cl)cc2)C1(O)CCC.CCCC1OC1CCC.Nc1ccc(Cl)cc1.O=C=Nc1ccc(Cl)cc1. The number of isocyanates is 1. The molecule has 0 aliphatic carbocycles. The molecule has 580 valence electrons. The molecule has 0 spiro atoms. The lowest BCUT2D eigenvalue weighted by Crippen LogP contribution is -2.52. The Kier molecular flexibility index (Phi) is 47.6. The monoisotopic (exact) mass is 1590 g/mol. The number of hydrogen-bond acceptors (Lipinski definition) is 9. The number of carbonyl (C=O) groups excluding carboxylic acids is 3. The van der Waals surface area contributed by atoms with Gasteiger partial charge in [-0.2, -0.15) is 4.99 Å². The molecule has 2 fully saturated rings. The van der Waals surface area contributed by atoms with Crippen LogP contribution in [0.2, 0.25) is 35.2 Å². The summed E-state index contributed by atoms with van der Waals surface area (Å²) >= 11 is 41.0. The number of rotatable bonds is 30. The Balaban J connectivity index is 0.000000341. The van der Waals surface area contributed by atoms with E-state index in [-0.39, 0.29) is 30.2 Å². The molecule has 20 heteroatoms. The maximum Gasteiger partial charge on any atom is 0.331 e. The van der Waals surface area contributed by atoms with Crippen molar-refractivity contribution in [2.75, 3.05) is 25.8 Å². The summed E-state index contributed by atoms with van der Waals surface area (Å²) in [5.41, 5.74) is 9.36. The number of nitrogens with two attached hydrogens (primary N) is 1. The summed E-state index contributed by atoms with van der Waals surface area (Å²) in [5.74, 6) is 0.376. The van der Waals surface area contributed by atoms with Crippen LogP contribution < -0.4 is 25.8 Å². The Morgan fingerprint density at radius 1 is 0.538 bits per heavy atom. The summed E-state index contributed by atoms with van der Waals surface area (Å²) in [6.07, 6.45) is 27.5. The minimum Gasteiger partial charge on any atom is -0.399 e. The molecule has 7 aromatic rings. The molecule has 106 heavy (non-hydrogen) atoms. The van der Waals surface area contributed by atoms with Crippen LogP contribution in [0.1, 0.15) is 203 Å². The van der Waals surface area contributed by atoms with E-state index < -0.39 is 11.8 Å². The second-order valence-corrected chi connectivity index (χ2v) is 29.2. The first-order valence-corrected chi connectivity index (χ1v) is 40.3. The number of ether oxygens (including phenoxy) is 1. The summed E-state index contributed by atoms with van der Waals surface area (Å²) in [6, 6.07) is 48.6. The normalized spacial score (nSPS) is 16.5. The van der Waals surface area contributed by atoms with Crippen molar-refractivity contribution in [2.45, 2.75) is 246 Å². The number of unbranched alkanes of at least 4 members (excludes halogenated alkanes) is 2. The number of allylic oxidation sites excluding steroid dienone is 2. The van der Waals surface area contributed by atoms with Gasteiger partial charge in [0.1, 0.15) is 0 Å². The molecule has 8 unspecified atom stereocenters. The number of benzene rings is 7. The van der Waals surface area contributed by atoms with E-state index in [0.717, 1.165) is 79.2 Å². The van der Waals surface area contributed by atoms with Crippen LogP contribution in [0.4, 0.5) is 43.7 Å². The van der Waals surface area contributed by atoms with Gasteiger partial charge >= 0.3 is 12.1 Å². The van der Waals surface area contributed by atoms with Crippen molar-refractivity contribution in [1.29, 1.82) is 0 Å². The van der Waals surface area contributed by atoms with E-state index >= 15 is 0 Å². The maximum atomic E-state index is 13.5. The lowest BCUT2D eigenvalue weighted by Gasteiger charge is -2.36. The Bertz CT molecular complexity index is 3490. The molecule has 13 nitrogen and oxygen atoms in total. The first-order chi connectivity index (χ1) is 51.0. The zero-order valence-electron chi connectivity index (χ0n) is 63.7. The van der Waals surface area contributed by atoms with Crippen molar-refractivity contribution < 1.29 is 34.4 Å². The summed E-state index contributed by atoms with van der Waals surface area (Å²) in [5, 5.41) is 40.0. The Morgan fingerprint density at radius 3 is 1.38 bits per heavy atom. The average molecular weight is 1590 g/mol. The highest BCUT2D eigenvalue weighted by atomic mass is 35.5. The number of amides is 4. The van der Waals surface area contributed by atoms with Crippen LogP contribution in [0.3, 0.4) is 0 Å². The first-order valence-electron chi connectivity index (χ1n) is 37.7. The molecular formula is C86H115Cl7N6O7. The number of carbonyl (C=O) groups is 2. The summed E-state index contributed by atoms with van der Waals surface area (Å²) in [6.45, 7) is 21.3. The summed E-state index contributed by atoms with van der Waals surface area (Å²) in [7, 11) is 0. The van der Waals surface area contributed by atoms with Crippen molar-refractivity contribution in [1.82, 2.24) is 0 Å². The first kappa shape index (κ1) is 94.1. The highest BCUT2D eigenvalue weighted by Gasteiger charge is 2.56. The topological polar surface area (TPSA) is 185 Å². The second kappa shape index (κ2) is 53.6. The highest BCUT2D eigenvalue weighted by molar-refractivity contribution is 6.32. The number of hydrogen-bond donors (Lipinski definition) is 5. The van der Waals surface area contributed by atoms with E-state index in [1.54, 1.807) is 143 Å². The molecule has 0 radical (unpaired) electrons. The van der Waals surface area contributed by atoms with Crippen LogP contribution >= 0.6 is 81.2 Å². The van der Waals surface area contributed by atoms with Gasteiger partial charge in [-0.1, -0.05) is 239 Å². The number of nitrogen functional groups attached to an aromatic ring is 1. The van der Waals surface area contributed by atoms with Crippen LogP contribution in [0.25, 0.3) is 0 Å². The lowest BCUT2D eigenvalue weighted by atomic mass is 9.88. The molecule has 2 heterocycles. The fourth-order valence-electron chi connectivity index (χ4n) is 12.0. The van der Waals surface area contributed by atoms with Gasteiger partial charge in [-0.15, -0.1) is 0 Å². The predicted molar refractivity (Wildman–Crippen MR) is 453 cm³/mol. The molecule has 2 saturated heterocycles. The third kappa shape index (κ3) is 34.6. The number of aliphatic hydroxyl groups is 3. The number of aliphatic hydroxyl groups excluding tert-OH is 2. The zero-order valence-corrected chi connectivity index (χ0v) is 69.0. The van der Waals surface area contributed by atoms with E-state index in [0.29, 0.717) is 91.7 Å². The van der Waals surface area contributed by atoms with E-state index in [9.17, 15) is 29.7 Å². The average Bonchev–Trinajstić information content (AvgIpc) is 1.58. The van der Waals surface area contributed by atoms with Gasteiger partial charge in [0.15, 0.2) is 5.72 Å². The van der Waals surface area contributed by atoms with Crippen LogP contribution in [0.5, 0.6) is 0 Å². The number of epoxide rings is 1. The molecule has 7 aromatic carbocycles. The maximum absolute atomic E-state index is 13.5. The van der Waals surface area contributed by atoms with Crippen molar-refractivity contribution in [2.24, 2.45) is 10.9 Å². The number of urea groups is 2. The Morgan fingerprint density at radius 2 is 0.953 bits per heavy atom. The molecule has 0 aromatic heterocycles. The summed E-state index contributed by atoms with van der Waals surface area (Å²) < 4.78 is 5.40. The quantitative estimate of drug-likeness (QED) is 0.00968. The van der Waals surface area contributed by atoms with Gasteiger partial charge in [-0.25, -0.2) is 14.4 Å². The smallest absolute Gasteiger partial charge is 0.331 e. The van der Waals surface area contributed by atoms with E-state index in [4.69, 9.17) is 91.7 Å². The molecule has 2 aliphatic heterocycles. The number of anilines is 5. The number of nitrogens with one attached hydrogen (secondary N) is 1. The van der Waals surface area contributed by atoms with Crippen molar-refractivity contribution in [3.8, 4) is 0 Å². The molecule has 2 aliphatic rings. The van der Waals surface area contributed by atoms with Gasteiger partial charge in [-0.05, 0) is 240 Å². The molecular weight excluding hydrogens is 1480 g/mol. The van der Waals surface area contributed by atoms with Crippen LogP contribution in [0.15, 0.2) is 187 Å². The largest absolute Gasteiger partial charge is 0.399 e. The molecule has 8 atom stereocenters. The predicted octanol–water partition coefficient (Wildman–Crippen LogP) is 26.6. The van der Waals surface area contributed by atoms with Gasteiger partial charge in [-0.3, -0.25) is 14.7 Å². The van der Waals surface area contributed by atoms with Crippen molar-refractivity contribution >= 4 is 133 Å². The highest BCUT2D eigenvalue weighted by Crippen LogP contribution is 2.43. The van der Waals surface area contributed by atoms with Crippen molar-refractivity contribution in [3.63, 3.8) is 0 Å². The minimum atomic E-state index is -1.30. The third-order valence-electron chi connectivity index (χ3n) is 17.3. The van der Waals surface area contributed by atoms with Gasteiger partial charge in [0.2, 0.25) is 6.08 Å². The van der Waals surface area contributed by atoms with E-state index in [1.165, 1.54) is 67.9 Å². The molecule has 4 amide bonds. The Labute approximate surface area is 668 Å². The summed E-state index contributed by atoms with van der Waals surface area (Å²) in [4.78, 5) is 44.6. The van der Waals surface area contributed by atoms with Gasteiger partial charge < -0.3 is 31.1 Å². The van der Waals surface area contributed by atoms with E-state index in [2.05, 4.69) is 83.1 Å². The van der Waals surface area contributed by atoms with Crippen LogP contribution in [-0.2, 0) is 16.0 Å². The standard InChI is InChI=1S/C21H24Cl2N2O2.C21H26Cl2N2O2.C15H23ClO.C8H16O.C8H16.C7H4ClNO.C6H6ClN/c1-3-5-19-21(27,14-4-2)25(18-12-8-16(23)9-13-18)20(26)24(19)17-10-6-15(22)7-11-17;1-3-5-19(20(26)6-4-2)25(18-13-9-16(23)10-14-18)21(27)24-17-11-7-15(22)8-12-17;1-3-5-13(15(17)6-4-2)11-12-7-9-14(16)10-8-12;1-3-5-7-8(9-7)6-4-2;1-3-5-7-8-6-4-2;8-6-1-3-7(4-2-6)9-5-10;7-5-1-3-6(8)4-2-5/h6-13,19,27H,3-5,14H2,1-2H3;7-14,19-20,26H,3-6H2,1-2H3,(H,24,27);7-10,13,15,17H,3-6,11H2,1-2H3;7-8H,3-6H2,1-2H3;7-8H,3-6H2,1-2H3;1-4H;1-4H,8H2/b;;;;8-7-;;. The number of nitrogens with zero attached hydrogens (tertiary/aromatic N) is 4. The minimum absolute atomic E-state index is 0.171. The van der Waals surface area contributed by atoms with Crippen LogP contribution in [-0.4, -0.2) is 75.7 Å².